The zero-order valence-electron chi connectivity index (χ0n) is 10.8. The van der Waals surface area contributed by atoms with Crippen molar-refractivity contribution in [3.63, 3.8) is 0 Å². The fourth-order valence-corrected chi connectivity index (χ4v) is 1.80. The van der Waals surface area contributed by atoms with Crippen LogP contribution in [-0.2, 0) is 6.54 Å². The van der Waals surface area contributed by atoms with E-state index in [0.29, 0.717) is 13.1 Å². The predicted molar refractivity (Wildman–Crippen MR) is 67.7 cm³/mol. The molecular weight excluding hydrogens is 236 g/mol. The van der Waals surface area contributed by atoms with Crippen LogP contribution in [0, 0.1) is 10.1 Å². The van der Waals surface area contributed by atoms with E-state index in [4.69, 9.17) is 4.74 Å². The number of methoxy groups -OCH3 is 1. The van der Waals surface area contributed by atoms with E-state index in [9.17, 15) is 15.2 Å². The number of ether oxygens (including phenoxy) is 1. The number of nitrogens with zero attached hydrogens (tertiary/aromatic N) is 2. The van der Waals surface area contributed by atoms with E-state index in [2.05, 4.69) is 0 Å². The van der Waals surface area contributed by atoms with E-state index in [0.717, 1.165) is 5.56 Å². The van der Waals surface area contributed by atoms with Crippen molar-refractivity contribution >= 4 is 5.69 Å². The smallest absolute Gasteiger partial charge is 0.311 e. The second-order valence-electron chi connectivity index (χ2n) is 4.31. The van der Waals surface area contributed by atoms with Gasteiger partial charge in [-0.15, -0.1) is 0 Å². The number of aliphatic hydroxyl groups is 1. The first-order valence-corrected chi connectivity index (χ1v) is 5.62. The van der Waals surface area contributed by atoms with Crippen molar-refractivity contribution in [1.29, 1.82) is 0 Å². The zero-order chi connectivity index (χ0) is 13.7. The fraction of sp³-hybridized carbons (Fsp3) is 0.500. The van der Waals surface area contributed by atoms with Crippen LogP contribution in [0.2, 0.25) is 0 Å². The lowest BCUT2D eigenvalue weighted by atomic mass is 10.1. The van der Waals surface area contributed by atoms with Crippen LogP contribution in [0.1, 0.15) is 12.5 Å². The van der Waals surface area contributed by atoms with Crippen molar-refractivity contribution in [3.8, 4) is 5.75 Å². The van der Waals surface area contributed by atoms with E-state index in [1.165, 1.54) is 13.2 Å². The molecule has 1 aromatic rings. The van der Waals surface area contributed by atoms with E-state index in [1.54, 1.807) is 19.1 Å². The summed E-state index contributed by atoms with van der Waals surface area (Å²) in [7, 11) is 3.25. The van der Waals surface area contributed by atoms with Gasteiger partial charge in [-0.05, 0) is 25.6 Å². The molecular formula is C12H18N2O4. The summed E-state index contributed by atoms with van der Waals surface area (Å²) in [6.45, 7) is 2.75. The highest BCUT2D eigenvalue weighted by molar-refractivity contribution is 5.48. The van der Waals surface area contributed by atoms with Gasteiger partial charge in [0, 0.05) is 19.2 Å². The molecule has 0 fully saturated rings. The Labute approximate surface area is 106 Å². The van der Waals surface area contributed by atoms with Gasteiger partial charge in [0.1, 0.15) is 0 Å². The molecule has 0 radical (unpaired) electrons. The summed E-state index contributed by atoms with van der Waals surface area (Å²) in [5, 5.41) is 20.1. The van der Waals surface area contributed by atoms with Crippen molar-refractivity contribution in [1.82, 2.24) is 4.90 Å². The first-order valence-electron chi connectivity index (χ1n) is 5.62. The Hall–Kier alpha value is -1.66. The number of aliphatic hydroxyl groups excluding tert-OH is 1. The summed E-state index contributed by atoms with van der Waals surface area (Å²) in [6, 6.07) is 4.87. The second-order valence-corrected chi connectivity index (χ2v) is 4.31. The lowest BCUT2D eigenvalue weighted by Crippen LogP contribution is -2.26. The van der Waals surface area contributed by atoms with Crippen LogP contribution in [0.3, 0.4) is 0 Å². The van der Waals surface area contributed by atoms with Crippen molar-refractivity contribution in [3.05, 3.63) is 33.9 Å². The number of hydrogen-bond donors (Lipinski definition) is 1. The number of rotatable bonds is 6. The molecule has 0 amide bonds. The Bertz CT molecular complexity index is 421. The van der Waals surface area contributed by atoms with Gasteiger partial charge in [-0.3, -0.25) is 15.0 Å². The highest BCUT2D eigenvalue weighted by Crippen LogP contribution is 2.27. The molecule has 0 aliphatic heterocycles. The maximum Gasteiger partial charge on any atom is 0.311 e. The third kappa shape index (κ3) is 3.97. The summed E-state index contributed by atoms with van der Waals surface area (Å²) in [5.74, 6) is 0.252. The molecule has 1 N–H and O–H groups in total. The minimum Gasteiger partial charge on any atom is -0.490 e. The molecule has 18 heavy (non-hydrogen) atoms. The quantitative estimate of drug-likeness (QED) is 0.613. The topological polar surface area (TPSA) is 75.8 Å². The molecule has 0 aliphatic rings. The highest BCUT2D eigenvalue weighted by Gasteiger charge is 2.15. The summed E-state index contributed by atoms with van der Waals surface area (Å²) >= 11 is 0. The Morgan fingerprint density at radius 2 is 2.22 bits per heavy atom. The maximum atomic E-state index is 10.9. The average Bonchev–Trinajstić information content (AvgIpc) is 2.27. The molecule has 0 aromatic heterocycles. The van der Waals surface area contributed by atoms with Crippen molar-refractivity contribution in [2.24, 2.45) is 0 Å². The molecule has 6 heteroatoms. The molecule has 0 heterocycles. The van der Waals surface area contributed by atoms with Crippen molar-refractivity contribution in [2.75, 3.05) is 20.7 Å². The number of benzene rings is 1. The van der Waals surface area contributed by atoms with Gasteiger partial charge in [0.15, 0.2) is 5.75 Å². The van der Waals surface area contributed by atoms with Crippen LogP contribution in [0.25, 0.3) is 0 Å². The predicted octanol–water partition coefficient (Wildman–Crippen LogP) is 1.42. The first-order chi connectivity index (χ1) is 8.43. The number of likely N-dealkylation sites (N-methyl/N-ethyl adjacent to an activating group) is 1. The van der Waals surface area contributed by atoms with Crippen molar-refractivity contribution < 1.29 is 14.8 Å². The second kappa shape index (κ2) is 6.32. The van der Waals surface area contributed by atoms with Gasteiger partial charge < -0.3 is 9.84 Å². The molecule has 1 atom stereocenters. The van der Waals surface area contributed by atoms with Crippen LogP contribution in [-0.4, -0.2) is 41.7 Å². The van der Waals surface area contributed by atoms with Crippen LogP contribution >= 0.6 is 0 Å². The average molecular weight is 254 g/mol. The SMILES string of the molecule is COc1ccc(CN(C)CC(C)O)cc1[N+](=O)[O-]. The Morgan fingerprint density at radius 3 is 2.72 bits per heavy atom. The Kier molecular flexibility index (Phi) is 5.06. The Balaban J connectivity index is 2.85. The molecule has 0 bridgehead atoms. The molecule has 0 spiro atoms. The first kappa shape index (κ1) is 14.4. The lowest BCUT2D eigenvalue weighted by molar-refractivity contribution is -0.385. The number of nitro benzene ring substituents is 1. The molecule has 1 unspecified atom stereocenters. The third-order valence-corrected chi connectivity index (χ3v) is 2.47. The molecule has 1 aromatic carbocycles. The van der Waals surface area contributed by atoms with Crippen LogP contribution in [0.5, 0.6) is 5.75 Å². The normalized spacial score (nSPS) is 12.5. The summed E-state index contributed by atoms with van der Waals surface area (Å²) < 4.78 is 4.94. The molecule has 0 aliphatic carbocycles. The van der Waals surface area contributed by atoms with Crippen LogP contribution < -0.4 is 4.74 Å². The standard InChI is InChI=1S/C12H18N2O4/c1-9(15)7-13(2)8-10-4-5-12(18-3)11(6-10)14(16)17/h4-6,9,15H,7-8H2,1-3H3. The van der Waals surface area contributed by atoms with E-state index < -0.39 is 11.0 Å². The van der Waals surface area contributed by atoms with Gasteiger partial charge in [-0.1, -0.05) is 6.07 Å². The van der Waals surface area contributed by atoms with Crippen LogP contribution in [0.15, 0.2) is 18.2 Å². The minimum absolute atomic E-state index is 0.0413. The summed E-state index contributed by atoms with van der Waals surface area (Å²) in [4.78, 5) is 12.3. The Morgan fingerprint density at radius 1 is 1.56 bits per heavy atom. The lowest BCUT2D eigenvalue weighted by Gasteiger charge is -2.18. The number of hydrogen-bond acceptors (Lipinski definition) is 5. The monoisotopic (exact) mass is 254 g/mol. The molecule has 6 nitrogen and oxygen atoms in total. The van der Waals surface area contributed by atoms with Gasteiger partial charge >= 0.3 is 5.69 Å². The van der Waals surface area contributed by atoms with Gasteiger partial charge in [0.25, 0.3) is 0 Å². The molecule has 100 valence electrons. The fourth-order valence-electron chi connectivity index (χ4n) is 1.80. The molecule has 1 rings (SSSR count). The van der Waals surface area contributed by atoms with E-state index >= 15 is 0 Å². The summed E-state index contributed by atoms with van der Waals surface area (Å²) in [5.41, 5.74) is 0.770. The van der Waals surface area contributed by atoms with Gasteiger partial charge in [-0.25, -0.2) is 0 Å². The van der Waals surface area contributed by atoms with Gasteiger partial charge in [-0.2, -0.15) is 0 Å². The van der Waals surface area contributed by atoms with Crippen LogP contribution in [0.4, 0.5) is 5.69 Å². The largest absolute Gasteiger partial charge is 0.490 e. The van der Waals surface area contributed by atoms with Gasteiger partial charge in [0.2, 0.25) is 0 Å². The van der Waals surface area contributed by atoms with E-state index in [-0.39, 0.29) is 11.4 Å². The maximum absolute atomic E-state index is 10.9. The number of nitro groups is 1. The highest BCUT2D eigenvalue weighted by atomic mass is 16.6. The van der Waals surface area contributed by atoms with Crippen molar-refractivity contribution in [2.45, 2.75) is 19.6 Å². The molecule has 0 saturated heterocycles. The minimum atomic E-state index is -0.461. The molecule has 0 saturated carbocycles. The summed E-state index contributed by atoms with van der Waals surface area (Å²) in [6.07, 6.45) is -0.428. The van der Waals surface area contributed by atoms with Gasteiger partial charge in [0.05, 0.1) is 18.1 Å². The van der Waals surface area contributed by atoms with E-state index in [1.807, 2.05) is 11.9 Å². The third-order valence-electron chi connectivity index (χ3n) is 2.47. The zero-order valence-corrected chi connectivity index (χ0v) is 10.8.